The highest BCUT2D eigenvalue weighted by Gasteiger charge is 2.20. The van der Waals surface area contributed by atoms with E-state index in [4.69, 9.17) is 46.4 Å². The lowest BCUT2D eigenvalue weighted by atomic mass is 10.0. The average Bonchev–Trinajstić information content (AvgIpc) is 3.30. The average molecular weight is 437 g/mol. The van der Waals surface area contributed by atoms with Gasteiger partial charge in [0.05, 0.1) is 23.1 Å². The molecule has 1 atom stereocenters. The topological polar surface area (TPSA) is 22.8 Å². The van der Waals surface area contributed by atoms with Crippen LogP contribution in [0.1, 0.15) is 17.2 Å². The van der Waals surface area contributed by atoms with Gasteiger partial charge >= 0.3 is 0 Å². The smallest absolute Gasteiger partial charge is 0.0954 e. The second kappa shape index (κ2) is 7.61. The molecule has 0 saturated heterocycles. The van der Waals surface area contributed by atoms with Crippen molar-refractivity contribution in [1.29, 1.82) is 0 Å². The van der Waals surface area contributed by atoms with Crippen molar-refractivity contribution in [3.05, 3.63) is 105 Å². The zero-order valence-electron chi connectivity index (χ0n) is 13.9. The lowest BCUT2D eigenvalue weighted by Crippen LogP contribution is -2.10. The van der Waals surface area contributed by atoms with E-state index in [9.17, 15) is 0 Å². The third kappa shape index (κ3) is 3.74. The van der Waals surface area contributed by atoms with Gasteiger partial charge in [-0.15, -0.1) is 0 Å². The Kier molecular flexibility index (Phi) is 5.20. The lowest BCUT2D eigenvalue weighted by molar-refractivity contribution is 0.677. The van der Waals surface area contributed by atoms with Crippen LogP contribution in [0, 0.1) is 0 Å². The molecule has 4 rings (SSSR count). The molecule has 0 N–H and O–H groups in total. The van der Waals surface area contributed by atoms with E-state index < -0.39 is 0 Å². The molecule has 136 valence electrons. The van der Waals surface area contributed by atoms with Gasteiger partial charge in [-0.2, -0.15) is 0 Å². The minimum atomic E-state index is -0.149. The monoisotopic (exact) mass is 435 g/mol. The first-order valence-corrected chi connectivity index (χ1v) is 9.60. The highest BCUT2D eigenvalue weighted by atomic mass is 35.5. The molecule has 4 aromatic rings. The molecule has 2 aromatic heterocycles. The summed E-state index contributed by atoms with van der Waals surface area (Å²) in [5.41, 5.74) is 2.81. The second-order valence-corrected chi connectivity index (χ2v) is 7.71. The van der Waals surface area contributed by atoms with Gasteiger partial charge in [0.2, 0.25) is 0 Å². The summed E-state index contributed by atoms with van der Waals surface area (Å²) >= 11 is 24.9. The van der Waals surface area contributed by atoms with Crippen molar-refractivity contribution in [2.45, 2.75) is 6.04 Å². The molecular weight excluding hydrogens is 424 g/mol. The van der Waals surface area contributed by atoms with Crippen molar-refractivity contribution in [3.63, 3.8) is 0 Å². The van der Waals surface area contributed by atoms with Crippen LogP contribution in [0.3, 0.4) is 0 Å². The fourth-order valence-corrected chi connectivity index (χ4v) is 4.09. The summed E-state index contributed by atoms with van der Waals surface area (Å²) in [4.78, 5) is 4.18. The van der Waals surface area contributed by atoms with Gasteiger partial charge in [0.1, 0.15) is 0 Å². The summed E-state index contributed by atoms with van der Waals surface area (Å²) < 4.78 is 3.96. The van der Waals surface area contributed by atoms with Crippen LogP contribution >= 0.6 is 46.4 Å². The summed E-state index contributed by atoms with van der Waals surface area (Å²) in [7, 11) is 0. The van der Waals surface area contributed by atoms with Crippen LogP contribution in [-0.2, 0) is 0 Å². The van der Waals surface area contributed by atoms with E-state index in [2.05, 4.69) is 4.98 Å². The van der Waals surface area contributed by atoms with Crippen LogP contribution in [0.5, 0.6) is 0 Å². The van der Waals surface area contributed by atoms with Crippen LogP contribution in [0.25, 0.3) is 5.69 Å². The fourth-order valence-electron chi connectivity index (χ4n) is 3.07. The lowest BCUT2D eigenvalue weighted by Gasteiger charge is -2.19. The SMILES string of the molecule is Clc1ccc(C(c2ccn(-c3ccc(Cl)cc3Cl)c2)n2ccnc2)c(Cl)c1. The fraction of sp³-hybridized carbons (Fsp3) is 0.0500. The molecule has 0 fully saturated rings. The molecule has 1 unspecified atom stereocenters. The molecule has 0 spiro atoms. The van der Waals surface area contributed by atoms with E-state index in [0.29, 0.717) is 20.1 Å². The number of hydrogen-bond acceptors (Lipinski definition) is 1. The molecule has 0 aliphatic rings. The predicted octanol–water partition coefficient (Wildman–Crippen LogP) is 6.93. The maximum atomic E-state index is 6.50. The Morgan fingerprint density at radius 1 is 0.815 bits per heavy atom. The van der Waals surface area contributed by atoms with Crippen LogP contribution in [0.2, 0.25) is 20.1 Å². The molecule has 2 aromatic carbocycles. The van der Waals surface area contributed by atoms with Crippen molar-refractivity contribution < 1.29 is 0 Å². The zero-order chi connectivity index (χ0) is 19.0. The number of rotatable bonds is 4. The largest absolute Gasteiger partial charge is 0.326 e. The van der Waals surface area contributed by atoms with E-state index in [-0.39, 0.29) is 6.04 Å². The first-order chi connectivity index (χ1) is 13.0. The van der Waals surface area contributed by atoms with Gasteiger partial charge in [-0.1, -0.05) is 52.5 Å². The van der Waals surface area contributed by atoms with Crippen molar-refractivity contribution in [3.8, 4) is 5.69 Å². The van der Waals surface area contributed by atoms with Gasteiger partial charge in [-0.05, 0) is 47.5 Å². The van der Waals surface area contributed by atoms with Gasteiger partial charge in [-0.3, -0.25) is 0 Å². The van der Waals surface area contributed by atoms with Gasteiger partial charge < -0.3 is 9.13 Å². The van der Waals surface area contributed by atoms with Crippen molar-refractivity contribution in [1.82, 2.24) is 14.1 Å². The minimum Gasteiger partial charge on any atom is -0.326 e. The normalized spacial score (nSPS) is 12.3. The predicted molar refractivity (Wildman–Crippen MR) is 112 cm³/mol. The molecule has 0 radical (unpaired) electrons. The summed E-state index contributed by atoms with van der Waals surface area (Å²) in [5.74, 6) is 0. The highest BCUT2D eigenvalue weighted by Crippen LogP contribution is 2.34. The molecule has 0 amide bonds. The minimum absolute atomic E-state index is 0.149. The van der Waals surface area contributed by atoms with Crippen LogP contribution < -0.4 is 0 Å². The maximum Gasteiger partial charge on any atom is 0.0954 e. The Balaban J connectivity index is 1.81. The number of benzene rings is 2. The molecule has 0 aliphatic carbocycles. The number of halogens is 4. The van der Waals surface area contributed by atoms with E-state index in [1.54, 1.807) is 24.7 Å². The molecule has 0 bridgehead atoms. The van der Waals surface area contributed by atoms with Gasteiger partial charge in [0.15, 0.2) is 0 Å². The number of imidazole rings is 1. The number of nitrogens with zero attached hydrogens (tertiary/aromatic N) is 3. The molecule has 7 heteroatoms. The number of aromatic nitrogens is 3. The van der Waals surface area contributed by atoms with Crippen molar-refractivity contribution in [2.75, 3.05) is 0 Å². The van der Waals surface area contributed by atoms with E-state index >= 15 is 0 Å². The summed E-state index contributed by atoms with van der Waals surface area (Å²) in [6, 6.07) is 12.8. The Hall–Kier alpha value is -1.91. The number of hydrogen-bond donors (Lipinski definition) is 0. The highest BCUT2D eigenvalue weighted by molar-refractivity contribution is 6.36. The molecule has 0 aliphatic heterocycles. The zero-order valence-corrected chi connectivity index (χ0v) is 16.9. The Morgan fingerprint density at radius 3 is 2.22 bits per heavy atom. The standard InChI is InChI=1S/C20H13Cl4N3/c21-14-1-3-16(17(23)9-14)20(27-8-6-25-12-27)13-5-7-26(11-13)19-4-2-15(22)10-18(19)24/h1-12,20H. The Bertz CT molecular complexity index is 1090. The summed E-state index contributed by atoms with van der Waals surface area (Å²) in [6.07, 6.45) is 9.39. The van der Waals surface area contributed by atoms with E-state index in [1.165, 1.54) is 0 Å². The molecular formula is C20H13Cl4N3. The third-order valence-corrected chi connectivity index (χ3v) is 5.40. The molecule has 0 saturated carbocycles. The summed E-state index contributed by atoms with van der Waals surface area (Å²) in [5, 5.41) is 2.37. The van der Waals surface area contributed by atoms with E-state index in [1.807, 2.05) is 58.1 Å². The second-order valence-electron chi connectivity index (χ2n) is 6.03. The van der Waals surface area contributed by atoms with Gasteiger partial charge in [0.25, 0.3) is 0 Å². The van der Waals surface area contributed by atoms with E-state index in [0.717, 1.165) is 16.8 Å². The molecule has 3 nitrogen and oxygen atoms in total. The third-order valence-electron chi connectivity index (χ3n) is 4.30. The van der Waals surface area contributed by atoms with Crippen LogP contribution in [0.4, 0.5) is 0 Å². The van der Waals surface area contributed by atoms with Crippen molar-refractivity contribution in [2.24, 2.45) is 0 Å². The van der Waals surface area contributed by atoms with Crippen molar-refractivity contribution >= 4 is 46.4 Å². The molecule has 27 heavy (non-hydrogen) atoms. The van der Waals surface area contributed by atoms with Crippen LogP contribution in [0.15, 0.2) is 73.6 Å². The summed E-state index contributed by atoms with van der Waals surface area (Å²) in [6.45, 7) is 0. The maximum absolute atomic E-state index is 6.50. The first-order valence-electron chi connectivity index (χ1n) is 8.08. The molecule has 2 heterocycles. The first kappa shape index (κ1) is 18.5. The Morgan fingerprint density at radius 2 is 1.56 bits per heavy atom. The van der Waals surface area contributed by atoms with Gasteiger partial charge in [0, 0.05) is 39.9 Å². The van der Waals surface area contributed by atoms with Crippen LogP contribution in [-0.4, -0.2) is 14.1 Å². The van der Waals surface area contributed by atoms with Gasteiger partial charge in [-0.25, -0.2) is 4.98 Å². The quantitative estimate of drug-likeness (QED) is 0.340. The Labute approximate surface area is 176 Å².